The van der Waals surface area contributed by atoms with Crippen molar-refractivity contribution in [3.63, 3.8) is 0 Å². The molecule has 1 aliphatic heterocycles. The maximum Gasteiger partial charge on any atom is 0.257 e. The number of carbonyl (C=O) groups is 1. The van der Waals surface area contributed by atoms with Crippen LogP contribution in [-0.4, -0.2) is 10.5 Å². The largest absolute Gasteiger partial charge is 0.348 e. The van der Waals surface area contributed by atoms with E-state index in [1.165, 1.54) is 5.56 Å². The third kappa shape index (κ3) is 2.64. The van der Waals surface area contributed by atoms with E-state index in [9.17, 15) is 9.59 Å². The molecule has 0 saturated carbocycles. The third-order valence-corrected chi connectivity index (χ3v) is 4.91. The van der Waals surface area contributed by atoms with Gasteiger partial charge < -0.3 is 9.88 Å². The maximum atomic E-state index is 12.8. The number of carbonyl (C=O) groups excluding carboxylic acids is 1. The van der Waals surface area contributed by atoms with Crippen LogP contribution in [0.1, 0.15) is 40.0 Å². The Morgan fingerprint density at radius 3 is 2.84 bits per heavy atom. The Bertz CT molecular complexity index is 1050. The molecule has 0 radical (unpaired) electrons. The van der Waals surface area contributed by atoms with E-state index in [0.29, 0.717) is 11.9 Å². The zero-order chi connectivity index (χ0) is 17.6. The fourth-order valence-corrected chi connectivity index (χ4v) is 3.68. The van der Waals surface area contributed by atoms with Gasteiger partial charge in [0.1, 0.15) is 5.56 Å². The predicted octanol–water partition coefficient (Wildman–Crippen LogP) is 3.36. The van der Waals surface area contributed by atoms with Crippen molar-refractivity contribution in [1.29, 1.82) is 0 Å². The van der Waals surface area contributed by atoms with Gasteiger partial charge in [0.05, 0.1) is 5.52 Å². The number of rotatable bonds is 3. The number of hydrogen-bond donors (Lipinski definition) is 1. The van der Waals surface area contributed by atoms with Crippen LogP contribution in [0.5, 0.6) is 0 Å². The monoisotopic (exact) mass is 332 g/mol. The maximum absolute atomic E-state index is 12.8. The molecule has 3 aromatic rings. The molecule has 4 nitrogen and oxygen atoms in total. The normalized spacial score (nSPS) is 15.5. The van der Waals surface area contributed by atoms with Crippen LogP contribution in [0.3, 0.4) is 0 Å². The molecule has 0 spiro atoms. The molecule has 0 fully saturated rings. The van der Waals surface area contributed by atoms with Crippen LogP contribution in [0.4, 0.5) is 0 Å². The van der Waals surface area contributed by atoms with E-state index in [0.717, 1.165) is 23.1 Å². The van der Waals surface area contributed by atoms with Crippen molar-refractivity contribution in [1.82, 2.24) is 9.88 Å². The van der Waals surface area contributed by atoms with Gasteiger partial charge in [0.25, 0.3) is 5.91 Å². The molecule has 1 N–H and O–H groups in total. The van der Waals surface area contributed by atoms with Crippen molar-refractivity contribution in [3.8, 4) is 0 Å². The second-order valence-electron chi connectivity index (χ2n) is 6.82. The average molecular weight is 332 g/mol. The molecule has 1 atom stereocenters. The second-order valence-corrected chi connectivity index (χ2v) is 6.82. The van der Waals surface area contributed by atoms with Gasteiger partial charge in [0.15, 0.2) is 0 Å². The molecule has 1 amide bonds. The number of aryl methyl sites for hydroxylation is 1. The van der Waals surface area contributed by atoms with Crippen molar-refractivity contribution in [2.45, 2.75) is 32.9 Å². The van der Waals surface area contributed by atoms with Gasteiger partial charge in [0.2, 0.25) is 5.43 Å². The molecule has 1 unspecified atom stereocenters. The van der Waals surface area contributed by atoms with E-state index in [1.54, 1.807) is 6.20 Å². The van der Waals surface area contributed by atoms with Crippen LogP contribution in [0.2, 0.25) is 0 Å². The van der Waals surface area contributed by atoms with Gasteiger partial charge in [-0.1, -0.05) is 42.0 Å². The van der Waals surface area contributed by atoms with Gasteiger partial charge >= 0.3 is 0 Å². The first-order valence-electron chi connectivity index (χ1n) is 8.55. The van der Waals surface area contributed by atoms with Crippen LogP contribution in [0.25, 0.3) is 10.9 Å². The number of aromatic nitrogens is 1. The molecule has 126 valence electrons. The first-order valence-corrected chi connectivity index (χ1v) is 8.55. The Labute approximate surface area is 146 Å². The lowest BCUT2D eigenvalue weighted by Crippen LogP contribution is -2.29. The fraction of sp³-hybridized carbons (Fsp3) is 0.238. The number of amides is 1. The highest BCUT2D eigenvalue weighted by molar-refractivity contribution is 5.98. The van der Waals surface area contributed by atoms with Gasteiger partial charge in [0, 0.05) is 24.2 Å². The summed E-state index contributed by atoms with van der Waals surface area (Å²) >= 11 is 0. The summed E-state index contributed by atoms with van der Waals surface area (Å²) in [4.78, 5) is 25.4. The molecule has 25 heavy (non-hydrogen) atoms. The Kier molecular flexibility index (Phi) is 3.68. The lowest BCUT2D eigenvalue weighted by atomic mass is 10.1. The highest BCUT2D eigenvalue weighted by Crippen LogP contribution is 2.30. The van der Waals surface area contributed by atoms with E-state index >= 15 is 0 Å². The molecular weight excluding hydrogens is 312 g/mol. The van der Waals surface area contributed by atoms with Crippen LogP contribution in [0.15, 0.2) is 53.5 Å². The van der Waals surface area contributed by atoms with Gasteiger partial charge in [-0.3, -0.25) is 9.59 Å². The molecule has 4 heteroatoms. The van der Waals surface area contributed by atoms with Gasteiger partial charge in [-0.2, -0.15) is 0 Å². The average Bonchev–Trinajstić information content (AvgIpc) is 2.92. The van der Waals surface area contributed by atoms with Crippen LogP contribution in [0, 0.1) is 6.92 Å². The standard InChI is InChI=1S/C21H20N2O2/c1-13-5-3-6-15(9-13)11-22-21(25)18-12-23-14(2)10-16-7-4-8-17(19(16)23)20(18)24/h3-9,12,14H,10-11H2,1-2H3,(H,22,25). The van der Waals surface area contributed by atoms with E-state index in [4.69, 9.17) is 0 Å². The highest BCUT2D eigenvalue weighted by atomic mass is 16.2. The molecule has 0 aliphatic carbocycles. The predicted molar refractivity (Wildman–Crippen MR) is 99.0 cm³/mol. The summed E-state index contributed by atoms with van der Waals surface area (Å²) < 4.78 is 2.06. The quantitative estimate of drug-likeness (QED) is 0.799. The lowest BCUT2D eigenvalue weighted by Gasteiger charge is -2.13. The van der Waals surface area contributed by atoms with Crippen molar-refractivity contribution in [3.05, 3.63) is 81.1 Å². The van der Waals surface area contributed by atoms with Gasteiger partial charge in [-0.05, 0) is 37.5 Å². The summed E-state index contributed by atoms with van der Waals surface area (Å²) in [6, 6.07) is 14.0. The lowest BCUT2D eigenvalue weighted by molar-refractivity contribution is 0.0949. The summed E-state index contributed by atoms with van der Waals surface area (Å²) in [6.45, 7) is 4.54. The number of pyridine rings is 1. The first-order chi connectivity index (χ1) is 12.0. The Morgan fingerprint density at radius 2 is 2.04 bits per heavy atom. The zero-order valence-corrected chi connectivity index (χ0v) is 14.4. The minimum absolute atomic E-state index is 0.191. The van der Waals surface area contributed by atoms with Gasteiger partial charge in [-0.25, -0.2) is 0 Å². The summed E-state index contributed by atoms with van der Waals surface area (Å²) in [5.74, 6) is -0.318. The van der Waals surface area contributed by atoms with Crippen LogP contribution in [-0.2, 0) is 13.0 Å². The SMILES string of the molecule is Cc1cccc(CNC(=O)c2cn3c4c(cccc4c2=O)CC3C)c1. The minimum Gasteiger partial charge on any atom is -0.348 e. The second kappa shape index (κ2) is 5.88. The Balaban J connectivity index is 1.69. The third-order valence-electron chi connectivity index (χ3n) is 4.91. The Morgan fingerprint density at radius 1 is 1.24 bits per heavy atom. The van der Waals surface area contributed by atoms with Crippen molar-refractivity contribution >= 4 is 16.8 Å². The van der Waals surface area contributed by atoms with E-state index in [1.807, 2.05) is 43.3 Å². The molecule has 0 saturated heterocycles. The zero-order valence-electron chi connectivity index (χ0n) is 14.4. The Hall–Kier alpha value is -2.88. The number of nitrogens with one attached hydrogen (secondary N) is 1. The highest BCUT2D eigenvalue weighted by Gasteiger charge is 2.24. The first kappa shape index (κ1) is 15.6. The topological polar surface area (TPSA) is 51.1 Å². The summed E-state index contributed by atoms with van der Waals surface area (Å²) in [5.41, 5.74) is 4.33. The molecule has 0 bridgehead atoms. The molecule has 4 rings (SSSR count). The molecule has 2 heterocycles. The molecule has 2 aromatic carbocycles. The fourth-order valence-electron chi connectivity index (χ4n) is 3.68. The minimum atomic E-state index is -0.318. The van der Waals surface area contributed by atoms with Crippen LogP contribution < -0.4 is 10.7 Å². The summed E-state index contributed by atoms with van der Waals surface area (Å²) in [6.07, 6.45) is 2.61. The van der Waals surface area contributed by atoms with Crippen molar-refractivity contribution < 1.29 is 4.79 Å². The van der Waals surface area contributed by atoms with Crippen molar-refractivity contribution in [2.24, 2.45) is 0 Å². The molecular formula is C21H20N2O2. The number of para-hydroxylation sites is 1. The van der Waals surface area contributed by atoms with E-state index < -0.39 is 0 Å². The molecule has 1 aliphatic rings. The van der Waals surface area contributed by atoms with Gasteiger partial charge in [-0.15, -0.1) is 0 Å². The summed E-state index contributed by atoms with van der Waals surface area (Å²) in [5, 5.41) is 3.51. The number of benzene rings is 2. The van der Waals surface area contributed by atoms with Crippen LogP contribution >= 0.6 is 0 Å². The van der Waals surface area contributed by atoms with E-state index in [-0.39, 0.29) is 22.9 Å². The number of hydrogen-bond acceptors (Lipinski definition) is 2. The smallest absolute Gasteiger partial charge is 0.257 e. The van der Waals surface area contributed by atoms with Crippen molar-refractivity contribution in [2.75, 3.05) is 0 Å². The number of nitrogens with zero attached hydrogens (tertiary/aromatic N) is 1. The molecule has 1 aromatic heterocycles. The van der Waals surface area contributed by atoms with E-state index in [2.05, 4.69) is 22.9 Å². The summed E-state index contributed by atoms with van der Waals surface area (Å²) in [7, 11) is 0.